The van der Waals surface area contributed by atoms with Crippen LogP contribution >= 0.6 is 0 Å². The minimum absolute atomic E-state index is 0.133. The van der Waals surface area contributed by atoms with Crippen molar-refractivity contribution < 1.29 is 9.53 Å². The highest BCUT2D eigenvalue weighted by Crippen LogP contribution is 1.98. The van der Waals surface area contributed by atoms with E-state index in [1.807, 2.05) is 4.90 Å². The number of hydrogen-bond acceptors (Lipinski definition) is 2. The number of amides is 1. The zero-order valence-corrected chi connectivity index (χ0v) is 6.30. The predicted octanol–water partition coefficient (Wildman–Crippen LogP) is 0.255. The smallest absolute Gasteiger partial charge is 0.248 e. The van der Waals surface area contributed by atoms with Gasteiger partial charge in [-0.1, -0.05) is 6.92 Å². The van der Waals surface area contributed by atoms with Crippen molar-refractivity contribution in [2.45, 2.75) is 13.3 Å². The van der Waals surface area contributed by atoms with Crippen molar-refractivity contribution in [3.8, 4) is 0 Å². The molecular formula is C7H13NO2. The Morgan fingerprint density at radius 3 is 3.10 bits per heavy atom. The summed E-state index contributed by atoms with van der Waals surface area (Å²) in [6.45, 7) is 4.70. The Balaban J connectivity index is 2.32. The second-order valence-corrected chi connectivity index (χ2v) is 2.43. The Labute approximate surface area is 61.0 Å². The van der Waals surface area contributed by atoms with Gasteiger partial charge in [0.15, 0.2) is 0 Å². The lowest BCUT2D eigenvalue weighted by atomic mass is 10.3. The molecule has 0 aromatic rings. The first kappa shape index (κ1) is 7.54. The molecule has 1 aliphatic heterocycles. The van der Waals surface area contributed by atoms with Crippen LogP contribution in [0.2, 0.25) is 0 Å². The monoisotopic (exact) mass is 143 g/mol. The van der Waals surface area contributed by atoms with E-state index in [4.69, 9.17) is 4.74 Å². The van der Waals surface area contributed by atoms with Gasteiger partial charge >= 0.3 is 0 Å². The van der Waals surface area contributed by atoms with Crippen LogP contribution in [0.4, 0.5) is 0 Å². The van der Waals surface area contributed by atoms with E-state index in [1.54, 1.807) is 0 Å². The van der Waals surface area contributed by atoms with Crippen LogP contribution in [-0.4, -0.2) is 37.1 Å². The van der Waals surface area contributed by atoms with Crippen molar-refractivity contribution in [1.82, 2.24) is 4.90 Å². The molecule has 0 atom stereocenters. The Bertz CT molecular complexity index is 123. The zero-order valence-electron chi connectivity index (χ0n) is 6.30. The Hall–Kier alpha value is -0.570. The highest BCUT2D eigenvalue weighted by atomic mass is 16.5. The number of rotatable bonds is 2. The van der Waals surface area contributed by atoms with Crippen LogP contribution in [0.25, 0.3) is 0 Å². The van der Waals surface area contributed by atoms with E-state index in [-0.39, 0.29) is 12.5 Å². The van der Waals surface area contributed by atoms with Crippen molar-refractivity contribution in [2.75, 3.05) is 26.3 Å². The first-order valence-electron chi connectivity index (χ1n) is 3.70. The zero-order chi connectivity index (χ0) is 7.40. The van der Waals surface area contributed by atoms with Gasteiger partial charge in [-0.2, -0.15) is 0 Å². The molecule has 0 spiro atoms. The van der Waals surface area contributed by atoms with Crippen molar-refractivity contribution in [2.24, 2.45) is 0 Å². The SMILES string of the molecule is CCCN1CCOCC1=O. The molecule has 3 nitrogen and oxygen atoms in total. The fourth-order valence-electron chi connectivity index (χ4n) is 1.06. The van der Waals surface area contributed by atoms with Gasteiger partial charge in [0.2, 0.25) is 5.91 Å². The quantitative estimate of drug-likeness (QED) is 0.554. The maximum Gasteiger partial charge on any atom is 0.248 e. The van der Waals surface area contributed by atoms with Gasteiger partial charge in [-0.05, 0) is 6.42 Å². The van der Waals surface area contributed by atoms with Gasteiger partial charge in [-0.25, -0.2) is 0 Å². The van der Waals surface area contributed by atoms with Gasteiger partial charge in [-0.3, -0.25) is 4.79 Å². The molecular weight excluding hydrogens is 130 g/mol. The van der Waals surface area contributed by atoms with Crippen molar-refractivity contribution >= 4 is 5.91 Å². The second-order valence-electron chi connectivity index (χ2n) is 2.43. The second kappa shape index (κ2) is 3.56. The molecule has 0 N–H and O–H groups in total. The van der Waals surface area contributed by atoms with Crippen molar-refractivity contribution in [3.63, 3.8) is 0 Å². The summed E-state index contributed by atoms with van der Waals surface area (Å²) in [7, 11) is 0. The van der Waals surface area contributed by atoms with Gasteiger partial charge in [-0.15, -0.1) is 0 Å². The molecule has 0 radical (unpaired) electrons. The van der Waals surface area contributed by atoms with E-state index in [9.17, 15) is 4.79 Å². The van der Waals surface area contributed by atoms with Gasteiger partial charge in [0, 0.05) is 13.1 Å². The Kier molecular flexibility index (Phi) is 2.68. The normalized spacial score (nSPS) is 19.7. The Morgan fingerprint density at radius 2 is 2.50 bits per heavy atom. The van der Waals surface area contributed by atoms with Crippen LogP contribution in [0.3, 0.4) is 0 Å². The number of nitrogens with zero attached hydrogens (tertiary/aromatic N) is 1. The van der Waals surface area contributed by atoms with Gasteiger partial charge < -0.3 is 9.64 Å². The summed E-state index contributed by atoms with van der Waals surface area (Å²) in [6.07, 6.45) is 1.03. The molecule has 10 heavy (non-hydrogen) atoms. The minimum atomic E-state index is 0.133. The van der Waals surface area contributed by atoms with E-state index < -0.39 is 0 Å². The molecule has 1 aliphatic rings. The molecule has 0 bridgehead atoms. The van der Waals surface area contributed by atoms with E-state index in [0.29, 0.717) is 6.61 Å². The van der Waals surface area contributed by atoms with Crippen LogP contribution in [-0.2, 0) is 9.53 Å². The van der Waals surface area contributed by atoms with E-state index in [0.717, 1.165) is 19.5 Å². The molecule has 58 valence electrons. The third kappa shape index (κ3) is 1.70. The topological polar surface area (TPSA) is 29.5 Å². The van der Waals surface area contributed by atoms with Crippen LogP contribution in [0.15, 0.2) is 0 Å². The summed E-state index contributed by atoms with van der Waals surface area (Å²) in [5, 5.41) is 0. The molecule has 1 rings (SSSR count). The van der Waals surface area contributed by atoms with Crippen LogP contribution < -0.4 is 0 Å². The first-order valence-corrected chi connectivity index (χ1v) is 3.70. The van der Waals surface area contributed by atoms with Crippen molar-refractivity contribution in [1.29, 1.82) is 0 Å². The maximum absolute atomic E-state index is 11.0. The number of ether oxygens (including phenoxy) is 1. The van der Waals surface area contributed by atoms with Gasteiger partial charge in [0.25, 0.3) is 0 Å². The first-order chi connectivity index (χ1) is 4.84. The lowest BCUT2D eigenvalue weighted by Crippen LogP contribution is -2.41. The molecule has 0 aliphatic carbocycles. The predicted molar refractivity (Wildman–Crippen MR) is 37.7 cm³/mol. The Morgan fingerprint density at radius 1 is 1.70 bits per heavy atom. The summed E-state index contributed by atoms with van der Waals surface area (Å²) >= 11 is 0. The molecule has 3 heteroatoms. The highest BCUT2D eigenvalue weighted by Gasteiger charge is 2.16. The van der Waals surface area contributed by atoms with Gasteiger partial charge in [0.1, 0.15) is 6.61 Å². The third-order valence-corrected chi connectivity index (χ3v) is 1.58. The molecule has 1 saturated heterocycles. The molecule has 0 aromatic heterocycles. The summed E-state index contributed by atoms with van der Waals surface area (Å²) in [4.78, 5) is 12.8. The van der Waals surface area contributed by atoms with Crippen molar-refractivity contribution in [3.05, 3.63) is 0 Å². The molecule has 0 unspecified atom stereocenters. The number of carbonyl (C=O) groups excluding carboxylic acids is 1. The number of hydrogen-bond donors (Lipinski definition) is 0. The standard InChI is InChI=1S/C7H13NO2/c1-2-3-8-4-5-10-6-7(8)9/h2-6H2,1H3. The largest absolute Gasteiger partial charge is 0.370 e. The average Bonchev–Trinajstić information content (AvgIpc) is 1.94. The highest BCUT2D eigenvalue weighted by molar-refractivity contribution is 5.77. The fourth-order valence-corrected chi connectivity index (χ4v) is 1.06. The lowest BCUT2D eigenvalue weighted by molar-refractivity contribution is -0.142. The molecule has 0 saturated carbocycles. The number of morpholine rings is 1. The fraction of sp³-hybridized carbons (Fsp3) is 0.857. The van der Waals surface area contributed by atoms with E-state index >= 15 is 0 Å². The molecule has 1 heterocycles. The molecule has 0 aromatic carbocycles. The molecule has 1 amide bonds. The summed E-state index contributed by atoms with van der Waals surface area (Å²) in [5.74, 6) is 0.133. The molecule has 1 fully saturated rings. The van der Waals surface area contributed by atoms with Crippen LogP contribution in [0, 0.1) is 0 Å². The third-order valence-electron chi connectivity index (χ3n) is 1.58. The minimum Gasteiger partial charge on any atom is -0.370 e. The van der Waals surface area contributed by atoms with E-state index in [2.05, 4.69) is 6.92 Å². The average molecular weight is 143 g/mol. The summed E-state index contributed by atoms with van der Waals surface area (Å²) < 4.78 is 4.97. The summed E-state index contributed by atoms with van der Waals surface area (Å²) in [5.41, 5.74) is 0. The van der Waals surface area contributed by atoms with Crippen LogP contribution in [0.5, 0.6) is 0 Å². The lowest BCUT2D eigenvalue weighted by Gasteiger charge is -2.25. The van der Waals surface area contributed by atoms with E-state index in [1.165, 1.54) is 0 Å². The maximum atomic E-state index is 11.0. The number of carbonyl (C=O) groups is 1. The van der Waals surface area contributed by atoms with Crippen LogP contribution in [0.1, 0.15) is 13.3 Å². The van der Waals surface area contributed by atoms with Gasteiger partial charge in [0.05, 0.1) is 6.61 Å². The summed E-state index contributed by atoms with van der Waals surface area (Å²) in [6, 6.07) is 0.